The second-order valence-electron chi connectivity index (χ2n) is 4.04. The van der Waals surface area contributed by atoms with E-state index in [1.54, 1.807) is 18.2 Å². The largest absolute Gasteiger partial charge is 0.326 e. The van der Waals surface area contributed by atoms with Crippen molar-refractivity contribution >= 4 is 38.3 Å². The zero-order chi connectivity index (χ0) is 14.8. The van der Waals surface area contributed by atoms with E-state index in [1.807, 2.05) is 22.6 Å². The maximum Gasteiger partial charge on any atom is 0.262 e. The third kappa shape index (κ3) is 3.28. The standard InChI is InChI=1S/C13H12FIN2O2S/c14-10-5-6-12(11(15)7-10)17-20(18,19)13-4-2-1-3-9(13)8-16/h1-7,17H,8,16H2. The summed E-state index contributed by atoms with van der Waals surface area (Å²) in [6.45, 7) is 0.123. The summed E-state index contributed by atoms with van der Waals surface area (Å²) in [4.78, 5) is 0.127. The van der Waals surface area contributed by atoms with Crippen LogP contribution >= 0.6 is 22.6 Å². The summed E-state index contributed by atoms with van der Waals surface area (Å²) in [5.41, 5.74) is 6.40. The Labute approximate surface area is 130 Å². The van der Waals surface area contributed by atoms with Gasteiger partial charge >= 0.3 is 0 Å². The summed E-state index contributed by atoms with van der Waals surface area (Å²) < 4.78 is 40.7. The molecule has 20 heavy (non-hydrogen) atoms. The van der Waals surface area contributed by atoms with Gasteiger partial charge in [-0.2, -0.15) is 0 Å². The van der Waals surface area contributed by atoms with Crippen LogP contribution < -0.4 is 10.5 Å². The summed E-state index contributed by atoms with van der Waals surface area (Å²) in [5, 5.41) is 0. The lowest BCUT2D eigenvalue weighted by molar-refractivity contribution is 0.599. The average molecular weight is 406 g/mol. The van der Waals surface area contributed by atoms with E-state index >= 15 is 0 Å². The highest BCUT2D eigenvalue weighted by Gasteiger charge is 2.18. The topological polar surface area (TPSA) is 72.2 Å². The Morgan fingerprint density at radius 1 is 1.20 bits per heavy atom. The zero-order valence-electron chi connectivity index (χ0n) is 10.3. The van der Waals surface area contributed by atoms with Gasteiger partial charge in [0.05, 0.1) is 10.6 Å². The molecule has 0 aromatic heterocycles. The third-order valence-corrected chi connectivity index (χ3v) is 5.02. The Hall–Kier alpha value is -1.19. The Morgan fingerprint density at radius 2 is 1.90 bits per heavy atom. The molecule has 2 rings (SSSR count). The van der Waals surface area contributed by atoms with Crippen molar-refractivity contribution in [3.63, 3.8) is 0 Å². The zero-order valence-corrected chi connectivity index (χ0v) is 13.3. The third-order valence-electron chi connectivity index (χ3n) is 2.66. The number of rotatable bonds is 4. The first-order valence-electron chi connectivity index (χ1n) is 5.70. The molecule has 0 atom stereocenters. The molecule has 106 valence electrons. The molecule has 0 aliphatic heterocycles. The van der Waals surface area contributed by atoms with Gasteiger partial charge in [-0.15, -0.1) is 0 Å². The fraction of sp³-hybridized carbons (Fsp3) is 0.0769. The van der Waals surface area contributed by atoms with Crippen LogP contribution in [0.4, 0.5) is 10.1 Å². The highest BCUT2D eigenvalue weighted by Crippen LogP contribution is 2.24. The number of halogens is 2. The van der Waals surface area contributed by atoms with Crippen LogP contribution in [0.1, 0.15) is 5.56 Å². The molecule has 0 heterocycles. The first-order valence-corrected chi connectivity index (χ1v) is 8.26. The van der Waals surface area contributed by atoms with Crippen LogP contribution in [0.25, 0.3) is 0 Å². The normalized spacial score (nSPS) is 11.3. The van der Waals surface area contributed by atoms with E-state index in [2.05, 4.69) is 4.72 Å². The molecular formula is C13H12FIN2O2S. The van der Waals surface area contributed by atoms with E-state index in [4.69, 9.17) is 5.73 Å². The van der Waals surface area contributed by atoms with E-state index in [-0.39, 0.29) is 11.4 Å². The molecule has 3 N–H and O–H groups in total. The number of benzene rings is 2. The van der Waals surface area contributed by atoms with Gasteiger partial charge in [-0.1, -0.05) is 18.2 Å². The fourth-order valence-corrected chi connectivity index (χ4v) is 3.83. The minimum atomic E-state index is -3.75. The molecule has 0 amide bonds. The highest BCUT2D eigenvalue weighted by molar-refractivity contribution is 14.1. The number of nitrogens with one attached hydrogen (secondary N) is 1. The average Bonchev–Trinajstić information content (AvgIpc) is 2.42. The van der Waals surface area contributed by atoms with Gasteiger partial charge in [0.25, 0.3) is 10.0 Å². The lowest BCUT2D eigenvalue weighted by Crippen LogP contribution is -2.16. The number of nitrogens with two attached hydrogens (primary N) is 1. The molecule has 0 spiro atoms. The van der Waals surface area contributed by atoms with Gasteiger partial charge in [0, 0.05) is 10.1 Å². The van der Waals surface area contributed by atoms with Gasteiger partial charge in [0.1, 0.15) is 5.82 Å². The second kappa shape index (κ2) is 6.06. The summed E-state index contributed by atoms with van der Waals surface area (Å²) in [5.74, 6) is -0.417. The van der Waals surface area contributed by atoms with E-state index < -0.39 is 15.8 Å². The molecule has 2 aromatic rings. The van der Waals surface area contributed by atoms with Gasteiger partial charge in [-0.3, -0.25) is 4.72 Å². The first kappa shape index (κ1) is 15.2. The molecule has 0 saturated heterocycles. The first-order chi connectivity index (χ1) is 9.44. The molecule has 0 unspecified atom stereocenters. The summed E-state index contributed by atoms with van der Waals surface area (Å²) in [6, 6.07) is 10.3. The predicted octanol–water partition coefficient (Wildman–Crippen LogP) is 2.69. The minimum absolute atomic E-state index is 0.123. The molecule has 0 saturated carbocycles. The van der Waals surface area contributed by atoms with Gasteiger partial charge in [-0.25, -0.2) is 12.8 Å². The summed E-state index contributed by atoms with van der Waals surface area (Å²) in [6.07, 6.45) is 0. The van der Waals surface area contributed by atoms with Crippen LogP contribution in [0.5, 0.6) is 0 Å². The van der Waals surface area contributed by atoms with Crippen molar-refractivity contribution in [2.24, 2.45) is 5.73 Å². The number of sulfonamides is 1. The van der Waals surface area contributed by atoms with Crippen LogP contribution in [0.15, 0.2) is 47.4 Å². The van der Waals surface area contributed by atoms with Gasteiger partial charge < -0.3 is 5.73 Å². The Morgan fingerprint density at radius 3 is 2.55 bits per heavy atom. The van der Waals surface area contributed by atoms with E-state index in [1.165, 1.54) is 24.3 Å². The van der Waals surface area contributed by atoms with Crippen molar-refractivity contribution in [1.29, 1.82) is 0 Å². The molecule has 4 nitrogen and oxygen atoms in total. The quantitative estimate of drug-likeness (QED) is 0.768. The molecule has 0 bridgehead atoms. The number of anilines is 1. The molecule has 2 aromatic carbocycles. The maximum atomic E-state index is 13.0. The molecule has 0 fully saturated rings. The number of hydrogen-bond donors (Lipinski definition) is 2. The summed E-state index contributed by atoms with van der Waals surface area (Å²) >= 11 is 1.87. The monoisotopic (exact) mass is 406 g/mol. The van der Waals surface area contributed by atoms with Gasteiger partial charge in [0.2, 0.25) is 0 Å². The molecule has 0 aliphatic carbocycles. The van der Waals surface area contributed by atoms with Crippen molar-refractivity contribution < 1.29 is 12.8 Å². The lowest BCUT2D eigenvalue weighted by Gasteiger charge is -2.12. The maximum absolute atomic E-state index is 13.0. The lowest BCUT2D eigenvalue weighted by atomic mass is 10.2. The van der Waals surface area contributed by atoms with Gasteiger partial charge in [-0.05, 0) is 52.4 Å². The van der Waals surface area contributed by atoms with Crippen molar-refractivity contribution in [1.82, 2.24) is 0 Å². The van der Waals surface area contributed by atoms with Crippen molar-refractivity contribution in [3.8, 4) is 0 Å². The Balaban J connectivity index is 2.41. The Bertz CT molecular complexity index is 735. The number of hydrogen-bond acceptors (Lipinski definition) is 3. The van der Waals surface area contributed by atoms with Crippen LogP contribution in [0, 0.1) is 9.39 Å². The van der Waals surface area contributed by atoms with Crippen LogP contribution in [-0.2, 0) is 16.6 Å². The molecule has 0 aliphatic rings. The Kier molecular flexibility index (Phi) is 4.61. The highest BCUT2D eigenvalue weighted by atomic mass is 127. The van der Waals surface area contributed by atoms with Gasteiger partial charge in [0.15, 0.2) is 0 Å². The van der Waals surface area contributed by atoms with Crippen molar-refractivity contribution in [2.75, 3.05) is 4.72 Å². The van der Waals surface area contributed by atoms with Crippen LogP contribution in [-0.4, -0.2) is 8.42 Å². The second-order valence-corrected chi connectivity index (χ2v) is 6.85. The van der Waals surface area contributed by atoms with E-state index in [0.29, 0.717) is 14.8 Å². The summed E-state index contributed by atoms with van der Waals surface area (Å²) in [7, 11) is -3.75. The molecular weight excluding hydrogens is 394 g/mol. The van der Waals surface area contributed by atoms with Crippen molar-refractivity contribution in [2.45, 2.75) is 11.4 Å². The van der Waals surface area contributed by atoms with Crippen molar-refractivity contribution in [3.05, 3.63) is 57.4 Å². The predicted molar refractivity (Wildman–Crippen MR) is 84.3 cm³/mol. The van der Waals surface area contributed by atoms with Crippen LogP contribution in [0.2, 0.25) is 0 Å². The fourth-order valence-electron chi connectivity index (χ4n) is 1.71. The van der Waals surface area contributed by atoms with Crippen LogP contribution in [0.3, 0.4) is 0 Å². The molecule has 0 radical (unpaired) electrons. The van der Waals surface area contributed by atoms with E-state index in [9.17, 15) is 12.8 Å². The van der Waals surface area contributed by atoms with E-state index in [0.717, 1.165) is 0 Å². The molecule has 7 heteroatoms. The smallest absolute Gasteiger partial charge is 0.262 e. The minimum Gasteiger partial charge on any atom is -0.326 e. The SMILES string of the molecule is NCc1ccccc1S(=O)(=O)Nc1ccc(F)cc1I.